The zero-order chi connectivity index (χ0) is 41.9. The van der Waals surface area contributed by atoms with E-state index in [0.717, 1.165) is 121 Å². The molecule has 2 aliphatic carbocycles. The van der Waals surface area contributed by atoms with Gasteiger partial charge in [0.25, 0.3) is 0 Å². The standard InChI is InChI=1S/C50H59N3O7S/c1-2-28-57-50-46(61-30-23-38-34-51-24-25-52-38)33-44(53-60-47-16-8-11-29-56-47)42-31-37(14-6-9-26-54)41(15-7-10-27-55)48(49(42)50)43-32-40(21-22-45(43)59-50)58-39-19-17-36(18-20-39)35-12-4-3-5-13-35/h2-5,12-13,17-22,24-25,31-32,34,37,41,46-49,54-55H,1,6-11,14-16,23,26-30,33H2/t37-,41+,46-,47?,48+,49+,50+/m0/s1. The SMILES string of the molecule is C=CCO[C@@]12Oc3ccc(Oc4ccc(-c5ccccc5)cc4)cc3[C@H]3[C@H](CCCCO)[C@@H](CCCCO)C=C(C(=NOC4CCCCO4)C[C@@H]1SCCc1cnccn1)[C@H]32. The van der Waals surface area contributed by atoms with E-state index in [-0.39, 0.29) is 48.4 Å². The lowest BCUT2D eigenvalue weighted by Crippen LogP contribution is -2.64. The van der Waals surface area contributed by atoms with Crippen LogP contribution in [0.5, 0.6) is 17.2 Å². The summed E-state index contributed by atoms with van der Waals surface area (Å²) in [4.78, 5) is 15.1. The number of aryl methyl sites for hydroxylation is 1. The summed E-state index contributed by atoms with van der Waals surface area (Å²) in [7, 11) is 0. The second-order valence-corrected chi connectivity index (χ2v) is 17.8. The number of aliphatic hydroxyl groups excluding tert-OH is 2. The molecule has 0 bridgehead atoms. The first kappa shape index (κ1) is 43.1. The van der Waals surface area contributed by atoms with Crippen molar-refractivity contribution < 1.29 is 34.0 Å². The molecule has 0 spiro atoms. The van der Waals surface area contributed by atoms with Gasteiger partial charge in [-0.1, -0.05) is 72.6 Å². The molecule has 2 aliphatic heterocycles. The van der Waals surface area contributed by atoms with Crippen LogP contribution in [0.1, 0.15) is 81.4 Å². The topological polar surface area (TPSA) is 125 Å². The second kappa shape index (κ2) is 21.0. The van der Waals surface area contributed by atoms with Gasteiger partial charge in [-0.2, -0.15) is 11.8 Å². The molecular weight excluding hydrogens is 787 g/mol. The summed E-state index contributed by atoms with van der Waals surface area (Å²) in [6, 6.07) is 24.8. The Kier molecular flexibility index (Phi) is 14.9. The Morgan fingerprint density at radius 3 is 2.48 bits per heavy atom. The van der Waals surface area contributed by atoms with Gasteiger partial charge >= 0.3 is 0 Å². The summed E-state index contributed by atoms with van der Waals surface area (Å²) in [6.07, 6.45) is 18.3. The lowest BCUT2D eigenvalue weighted by Gasteiger charge is -2.58. The number of hydrogen-bond donors (Lipinski definition) is 2. The van der Waals surface area contributed by atoms with E-state index in [0.29, 0.717) is 19.6 Å². The number of aromatic nitrogens is 2. The molecule has 322 valence electrons. The Labute approximate surface area is 364 Å². The first-order valence-electron chi connectivity index (χ1n) is 22.2. The highest BCUT2D eigenvalue weighted by molar-refractivity contribution is 8.00. The van der Waals surface area contributed by atoms with E-state index in [4.69, 9.17) is 28.9 Å². The van der Waals surface area contributed by atoms with Crippen LogP contribution >= 0.6 is 11.8 Å². The molecule has 8 rings (SSSR count). The molecule has 11 heteroatoms. The van der Waals surface area contributed by atoms with Gasteiger partial charge in [0.2, 0.25) is 12.1 Å². The summed E-state index contributed by atoms with van der Waals surface area (Å²) in [5, 5.41) is 24.7. The highest BCUT2D eigenvalue weighted by atomic mass is 32.2. The number of nitrogens with zero attached hydrogens (tertiary/aromatic N) is 3. The maximum Gasteiger partial charge on any atom is 0.230 e. The molecular formula is C50H59N3O7S. The average molecular weight is 846 g/mol. The minimum absolute atomic E-state index is 0.0464. The molecule has 4 aliphatic rings. The largest absolute Gasteiger partial charge is 0.460 e. The van der Waals surface area contributed by atoms with Gasteiger partial charge in [-0.05, 0) is 103 Å². The Balaban J connectivity index is 1.22. The van der Waals surface area contributed by atoms with Crippen molar-refractivity contribution in [1.82, 2.24) is 9.97 Å². The van der Waals surface area contributed by atoms with Crippen LogP contribution in [0.3, 0.4) is 0 Å². The molecule has 7 atom stereocenters. The lowest BCUT2D eigenvalue weighted by atomic mass is 9.56. The quantitative estimate of drug-likeness (QED) is 0.0505. The maximum absolute atomic E-state index is 10.00. The molecule has 10 nitrogen and oxygen atoms in total. The molecule has 0 amide bonds. The van der Waals surface area contributed by atoms with Crippen LogP contribution < -0.4 is 9.47 Å². The monoisotopic (exact) mass is 845 g/mol. The average Bonchev–Trinajstić information content (AvgIpc) is 3.30. The molecule has 3 aromatic carbocycles. The molecule has 1 saturated heterocycles. The summed E-state index contributed by atoms with van der Waals surface area (Å²) in [5.74, 6) is 2.04. The van der Waals surface area contributed by atoms with E-state index in [9.17, 15) is 10.2 Å². The summed E-state index contributed by atoms with van der Waals surface area (Å²) in [5.41, 5.74) is 6.28. The Hall–Kier alpha value is -4.52. The zero-order valence-electron chi connectivity index (χ0n) is 35.0. The Morgan fingerprint density at radius 1 is 0.918 bits per heavy atom. The number of thioether (sulfide) groups is 1. The predicted molar refractivity (Wildman–Crippen MR) is 240 cm³/mol. The molecule has 1 saturated carbocycles. The van der Waals surface area contributed by atoms with Gasteiger partial charge < -0.3 is 34.0 Å². The van der Waals surface area contributed by atoms with E-state index in [1.165, 1.54) is 0 Å². The minimum atomic E-state index is -1.06. The number of aliphatic hydroxyl groups is 2. The van der Waals surface area contributed by atoms with E-state index in [2.05, 4.69) is 59.0 Å². The zero-order valence-corrected chi connectivity index (χ0v) is 35.8. The molecule has 1 unspecified atom stereocenters. The number of unbranched alkanes of at least 4 members (excludes halogenated alkanes) is 2. The predicted octanol–water partition coefficient (Wildman–Crippen LogP) is 10.1. The van der Waals surface area contributed by atoms with E-state index in [1.807, 2.05) is 54.4 Å². The van der Waals surface area contributed by atoms with Crippen molar-refractivity contribution in [3.8, 4) is 28.4 Å². The molecule has 0 radical (unpaired) electrons. The van der Waals surface area contributed by atoms with Crippen molar-refractivity contribution in [1.29, 1.82) is 0 Å². The molecule has 1 aromatic heterocycles. The van der Waals surface area contributed by atoms with Gasteiger partial charge in [0.15, 0.2) is 0 Å². The van der Waals surface area contributed by atoms with Gasteiger partial charge in [0.1, 0.15) is 17.2 Å². The first-order valence-corrected chi connectivity index (χ1v) is 23.2. The number of fused-ring (bicyclic) bond motifs is 2. The van der Waals surface area contributed by atoms with Gasteiger partial charge in [-0.3, -0.25) is 9.97 Å². The van der Waals surface area contributed by atoms with Crippen molar-refractivity contribution >= 4 is 17.5 Å². The van der Waals surface area contributed by atoms with Crippen LogP contribution in [0.15, 0.2) is 121 Å². The van der Waals surface area contributed by atoms with Gasteiger partial charge in [0.05, 0.1) is 35.8 Å². The molecule has 61 heavy (non-hydrogen) atoms. The molecule has 2 fully saturated rings. The highest BCUT2D eigenvalue weighted by Crippen LogP contribution is 2.62. The smallest absolute Gasteiger partial charge is 0.230 e. The number of allylic oxidation sites excluding steroid dienone is 1. The molecule has 4 aromatic rings. The molecule has 3 heterocycles. The van der Waals surface area contributed by atoms with Crippen LogP contribution in [-0.2, 0) is 20.7 Å². The third-order valence-corrected chi connectivity index (χ3v) is 13.9. The van der Waals surface area contributed by atoms with Crippen molar-refractivity contribution in [3.63, 3.8) is 0 Å². The van der Waals surface area contributed by atoms with Gasteiger partial charge in [-0.15, -0.1) is 6.58 Å². The van der Waals surface area contributed by atoms with Crippen LogP contribution in [0.25, 0.3) is 11.1 Å². The van der Waals surface area contributed by atoms with Crippen molar-refractivity contribution in [2.45, 2.75) is 93.9 Å². The Morgan fingerprint density at radius 2 is 1.72 bits per heavy atom. The Bertz CT molecular complexity index is 2080. The van der Waals surface area contributed by atoms with Crippen molar-refractivity contribution in [2.75, 3.05) is 32.2 Å². The van der Waals surface area contributed by atoms with Crippen molar-refractivity contribution in [3.05, 3.63) is 127 Å². The number of benzene rings is 3. The van der Waals surface area contributed by atoms with E-state index >= 15 is 0 Å². The summed E-state index contributed by atoms with van der Waals surface area (Å²) < 4.78 is 27.1. The number of oxime groups is 1. The fraction of sp³-hybridized carbons (Fsp3) is 0.460. The fourth-order valence-electron chi connectivity index (χ4n) is 9.70. The van der Waals surface area contributed by atoms with Gasteiger partial charge in [-0.25, -0.2) is 0 Å². The second-order valence-electron chi connectivity index (χ2n) is 16.5. The summed E-state index contributed by atoms with van der Waals surface area (Å²) >= 11 is 1.82. The van der Waals surface area contributed by atoms with E-state index < -0.39 is 5.79 Å². The van der Waals surface area contributed by atoms with Crippen LogP contribution in [0.4, 0.5) is 0 Å². The van der Waals surface area contributed by atoms with Crippen LogP contribution in [-0.4, -0.2) is 75.4 Å². The first-order chi connectivity index (χ1) is 30.1. The van der Waals surface area contributed by atoms with Crippen LogP contribution in [0, 0.1) is 17.8 Å². The third-order valence-electron chi connectivity index (χ3n) is 12.5. The number of ether oxygens (including phenoxy) is 4. The third kappa shape index (κ3) is 10.1. The lowest BCUT2D eigenvalue weighted by molar-refractivity contribution is -0.223. The number of rotatable bonds is 20. The minimum Gasteiger partial charge on any atom is -0.460 e. The fourth-order valence-corrected chi connectivity index (χ4v) is 11.1. The maximum atomic E-state index is 10.00. The van der Waals surface area contributed by atoms with Crippen molar-refractivity contribution in [2.24, 2.45) is 22.9 Å². The highest BCUT2D eigenvalue weighted by Gasteiger charge is 2.64. The number of hydrogen-bond acceptors (Lipinski definition) is 11. The van der Waals surface area contributed by atoms with E-state index in [1.54, 1.807) is 18.5 Å². The summed E-state index contributed by atoms with van der Waals surface area (Å²) in [6.45, 7) is 5.35. The van der Waals surface area contributed by atoms with Crippen LogP contribution in [0.2, 0.25) is 0 Å². The molecule has 2 N–H and O–H groups in total. The van der Waals surface area contributed by atoms with Gasteiger partial charge in [0, 0.05) is 62.5 Å². The normalized spacial score (nSPS) is 26.1.